The minimum atomic E-state index is -0.185. The molecule has 0 spiro atoms. The summed E-state index contributed by atoms with van der Waals surface area (Å²) in [6.45, 7) is 9.21. The van der Waals surface area contributed by atoms with Crippen molar-refractivity contribution in [2.24, 2.45) is 5.92 Å². The van der Waals surface area contributed by atoms with Crippen LogP contribution in [0.15, 0.2) is 24.3 Å². The Hall–Kier alpha value is -1.09. The molecule has 0 bridgehead atoms. The summed E-state index contributed by atoms with van der Waals surface area (Å²) >= 11 is 0. The van der Waals surface area contributed by atoms with Gasteiger partial charge in [0.2, 0.25) is 0 Å². The van der Waals surface area contributed by atoms with Crippen LogP contribution in [0.4, 0.5) is 4.39 Å². The zero-order valence-corrected chi connectivity index (χ0v) is 11.7. The van der Waals surface area contributed by atoms with E-state index in [1.54, 1.807) is 0 Å². The third kappa shape index (κ3) is 4.65. The molecule has 1 heterocycles. The van der Waals surface area contributed by atoms with Crippen LogP contribution < -0.4 is 4.74 Å². The molecule has 1 aromatic carbocycles. The van der Waals surface area contributed by atoms with Crippen LogP contribution in [0.5, 0.6) is 5.75 Å². The van der Waals surface area contributed by atoms with Crippen LogP contribution in [0.1, 0.15) is 19.4 Å². The molecule has 18 heavy (non-hydrogen) atoms. The third-order valence-corrected chi connectivity index (χ3v) is 2.95. The van der Waals surface area contributed by atoms with Gasteiger partial charge in [-0.3, -0.25) is 9.29 Å². The maximum atomic E-state index is 12.2. The van der Waals surface area contributed by atoms with Crippen LogP contribution in [-0.4, -0.2) is 37.8 Å². The fourth-order valence-corrected chi connectivity index (χ4v) is 1.88. The van der Waals surface area contributed by atoms with E-state index in [1.165, 1.54) is 5.56 Å². The molecule has 3 heteroatoms. The second-order valence-electron chi connectivity index (χ2n) is 4.44. The van der Waals surface area contributed by atoms with Crippen molar-refractivity contribution in [3.63, 3.8) is 0 Å². The van der Waals surface area contributed by atoms with Gasteiger partial charge in [-0.25, -0.2) is 0 Å². The van der Waals surface area contributed by atoms with Gasteiger partial charge >= 0.3 is 0 Å². The molecule has 0 aliphatic carbocycles. The fraction of sp³-hybridized carbons (Fsp3) is 0.600. The second kappa shape index (κ2) is 8.09. The Balaban J connectivity index is 0.000000771. The zero-order valence-electron chi connectivity index (χ0n) is 11.7. The van der Waals surface area contributed by atoms with Crippen LogP contribution >= 0.6 is 0 Å². The van der Waals surface area contributed by atoms with Crippen LogP contribution in [0.3, 0.4) is 0 Å². The lowest BCUT2D eigenvalue weighted by Gasteiger charge is -2.37. The summed E-state index contributed by atoms with van der Waals surface area (Å²) in [5.74, 6) is 1.17. The Morgan fingerprint density at radius 3 is 2.39 bits per heavy atom. The van der Waals surface area contributed by atoms with E-state index in [9.17, 15) is 4.39 Å². The highest BCUT2D eigenvalue weighted by molar-refractivity contribution is 5.26. The fourth-order valence-electron chi connectivity index (χ4n) is 1.88. The molecular formula is C15H24FNO. The predicted octanol–water partition coefficient (Wildman–Crippen LogP) is 3.30. The van der Waals surface area contributed by atoms with E-state index in [-0.39, 0.29) is 12.6 Å². The molecule has 0 unspecified atom stereocenters. The summed E-state index contributed by atoms with van der Waals surface area (Å²) in [6, 6.07) is 8.04. The number of alkyl halides is 1. The number of rotatable bonds is 5. The van der Waals surface area contributed by atoms with Crippen molar-refractivity contribution >= 4 is 0 Å². The first-order valence-electron chi connectivity index (χ1n) is 6.75. The second-order valence-corrected chi connectivity index (χ2v) is 4.44. The lowest BCUT2D eigenvalue weighted by Crippen LogP contribution is -2.49. The van der Waals surface area contributed by atoms with Gasteiger partial charge in [0.25, 0.3) is 0 Å². The zero-order chi connectivity index (χ0) is 13.4. The van der Waals surface area contributed by atoms with Crippen LogP contribution in [-0.2, 0) is 0 Å². The summed E-state index contributed by atoms with van der Waals surface area (Å²) < 4.78 is 17.8. The normalized spacial score (nSPS) is 15.6. The molecule has 2 rings (SSSR count). The highest BCUT2D eigenvalue weighted by atomic mass is 19.1. The van der Waals surface area contributed by atoms with E-state index >= 15 is 0 Å². The van der Waals surface area contributed by atoms with Gasteiger partial charge in [-0.15, -0.1) is 0 Å². The molecule has 1 aromatic rings. The Morgan fingerprint density at radius 2 is 1.83 bits per heavy atom. The molecule has 1 fully saturated rings. The molecule has 0 saturated carbocycles. The highest BCUT2D eigenvalue weighted by Gasteiger charge is 2.25. The molecule has 2 nitrogen and oxygen atoms in total. The number of benzene rings is 1. The van der Waals surface area contributed by atoms with E-state index in [1.807, 2.05) is 38.1 Å². The number of likely N-dealkylation sites (tertiary alicyclic amines) is 1. The Labute approximate surface area is 110 Å². The van der Waals surface area contributed by atoms with Gasteiger partial charge in [-0.2, -0.15) is 0 Å². The van der Waals surface area contributed by atoms with Crippen LogP contribution in [0.25, 0.3) is 0 Å². The first kappa shape index (κ1) is 15.0. The molecule has 102 valence electrons. The Bertz CT molecular complexity index is 320. The summed E-state index contributed by atoms with van der Waals surface area (Å²) in [4.78, 5) is 2.22. The molecule has 1 aliphatic heterocycles. The minimum Gasteiger partial charge on any atom is -0.492 e. The van der Waals surface area contributed by atoms with Gasteiger partial charge in [0.15, 0.2) is 0 Å². The van der Waals surface area contributed by atoms with Gasteiger partial charge in [0.05, 0.1) is 6.67 Å². The van der Waals surface area contributed by atoms with Crippen molar-refractivity contribution in [1.29, 1.82) is 0 Å². The van der Waals surface area contributed by atoms with E-state index in [4.69, 9.17) is 4.74 Å². The first-order chi connectivity index (χ1) is 8.78. The van der Waals surface area contributed by atoms with Gasteiger partial charge in [-0.1, -0.05) is 31.5 Å². The summed E-state index contributed by atoms with van der Waals surface area (Å²) in [7, 11) is 0. The maximum Gasteiger partial charge on any atom is 0.119 e. The summed E-state index contributed by atoms with van der Waals surface area (Å²) in [5.41, 5.74) is 1.24. The molecule has 0 amide bonds. The lowest BCUT2D eigenvalue weighted by molar-refractivity contribution is 0.0668. The van der Waals surface area contributed by atoms with E-state index in [2.05, 4.69) is 11.8 Å². The minimum absolute atomic E-state index is 0.185. The van der Waals surface area contributed by atoms with Crippen molar-refractivity contribution in [2.45, 2.75) is 20.8 Å². The van der Waals surface area contributed by atoms with Crippen molar-refractivity contribution < 1.29 is 9.13 Å². The Kier molecular flexibility index (Phi) is 6.73. The van der Waals surface area contributed by atoms with Gasteiger partial charge in [-0.05, 0) is 19.1 Å². The largest absolute Gasteiger partial charge is 0.492 e. The van der Waals surface area contributed by atoms with Crippen molar-refractivity contribution in [3.8, 4) is 5.75 Å². The van der Waals surface area contributed by atoms with Crippen molar-refractivity contribution in [1.82, 2.24) is 4.90 Å². The third-order valence-electron chi connectivity index (χ3n) is 2.95. The maximum absolute atomic E-state index is 12.2. The van der Waals surface area contributed by atoms with Crippen LogP contribution in [0.2, 0.25) is 0 Å². The topological polar surface area (TPSA) is 12.5 Å². The summed E-state index contributed by atoms with van der Waals surface area (Å²) in [5, 5.41) is 0. The van der Waals surface area contributed by atoms with Crippen LogP contribution in [0, 0.1) is 12.8 Å². The van der Waals surface area contributed by atoms with Gasteiger partial charge in [0, 0.05) is 25.6 Å². The molecule has 1 aliphatic rings. The Morgan fingerprint density at radius 1 is 1.22 bits per heavy atom. The average molecular weight is 253 g/mol. The SMILES string of the molecule is CC.Cc1ccc(OCCN2CC(CF)C2)cc1. The van der Waals surface area contributed by atoms with E-state index < -0.39 is 0 Å². The molecular weight excluding hydrogens is 229 g/mol. The van der Waals surface area contributed by atoms with Crippen molar-refractivity contribution in [3.05, 3.63) is 29.8 Å². The lowest BCUT2D eigenvalue weighted by atomic mass is 10.0. The van der Waals surface area contributed by atoms with Gasteiger partial charge < -0.3 is 4.74 Å². The molecule has 0 N–H and O–H groups in total. The molecule has 1 saturated heterocycles. The highest BCUT2D eigenvalue weighted by Crippen LogP contribution is 2.16. The predicted molar refractivity (Wildman–Crippen MR) is 73.9 cm³/mol. The number of ether oxygens (including phenoxy) is 1. The van der Waals surface area contributed by atoms with E-state index in [0.29, 0.717) is 6.61 Å². The molecule has 0 aromatic heterocycles. The number of hydrogen-bond acceptors (Lipinski definition) is 2. The molecule has 0 atom stereocenters. The molecule has 0 radical (unpaired) electrons. The number of hydrogen-bond donors (Lipinski definition) is 0. The average Bonchev–Trinajstić information content (AvgIpc) is 2.37. The monoisotopic (exact) mass is 253 g/mol. The quantitative estimate of drug-likeness (QED) is 0.798. The van der Waals surface area contributed by atoms with Gasteiger partial charge in [0.1, 0.15) is 12.4 Å². The smallest absolute Gasteiger partial charge is 0.119 e. The summed E-state index contributed by atoms with van der Waals surface area (Å²) in [6.07, 6.45) is 0. The number of aryl methyl sites for hydroxylation is 1. The first-order valence-corrected chi connectivity index (χ1v) is 6.75. The van der Waals surface area contributed by atoms with E-state index in [0.717, 1.165) is 25.4 Å². The van der Waals surface area contributed by atoms with Crippen molar-refractivity contribution in [2.75, 3.05) is 32.9 Å². The standard InChI is InChI=1S/C13H18FNO.C2H6/c1-11-2-4-13(5-3-11)16-7-6-15-9-12(8-14)10-15;1-2/h2-5,12H,6-10H2,1H3;1-2H3. The number of halogens is 1. The number of nitrogens with zero attached hydrogens (tertiary/aromatic N) is 1.